The zero-order valence-corrected chi connectivity index (χ0v) is 11.9. The lowest BCUT2D eigenvalue weighted by atomic mass is 9.80. The molecule has 0 saturated carbocycles. The number of rotatable bonds is 3. The van der Waals surface area contributed by atoms with Crippen LogP contribution in [0.2, 0.25) is 0 Å². The van der Waals surface area contributed by atoms with Gasteiger partial charge in [-0.25, -0.2) is 4.98 Å². The predicted molar refractivity (Wildman–Crippen MR) is 75.5 cm³/mol. The molecule has 0 aromatic carbocycles. The second-order valence-corrected chi connectivity index (χ2v) is 6.97. The summed E-state index contributed by atoms with van der Waals surface area (Å²) in [6.07, 6.45) is 3.35. The van der Waals surface area contributed by atoms with E-state index >= 15 is 0 Å². The highest BCUT2D eigenvalue weighted by Gasteiger charge is 2.42. The zero-order chi connectivity index (χ0) is 12.4. The molecule has 2 aliphatic rings. The Morgan fingerprint density at radius 1 is 1.61 bits per heavy atom. The molecule has 1 aromatic heterocycles. The van der Waals surface area contributed by atoms with Crippen LogP contribution >= 0.6 is 23.1 Å². The number of ether oxygens (including phenoxy) is 1. The van der Waals surface area contributed by atoms with Crippen molar-refractivity contribution < 1.29 is 4.74 Å². The molecule has 3 atom stereocenters. The van der Waals surface area contributed by atoms with E-state index in [1.807, 2.05) is 17.3 Å². The van der Waals surface area contributed by atoms with Crippen LogP contribution in [-0.2, 0) is 4.74 Å². The molecule has 6 heteroatoms. The van der Waals surface area contributed by atoms with Gasteiger partial charge >= 0.3 is 0 Å². The predicted octanol–water partition coefficient (Wildman–Crippen LogP) is 1.95. The van der Waals surface area contributed by atoms with Crippen molar-refractivity contribution in [1.29, 1.82) is 0 Å². The van der Waals surface area contributed by atoms with Gasteiger partial charge in [0, 0.05) is 17.7 Å². The molecule has 1 spiro atoms. The van der Waals surface area contributed by atoms with E-state index in [0.29, 0.717) is 5.92 Å². The number of hydrogen-bond acceptors (Lipinski definition) is 6. The Kier molecular flexibility index (Phi) is 3.91. The molecular formula is C12H19N3OS2. The van der Waals surface area contributed by atoms with Gasteiger partial charge in [-0.3, -0.25) is 11.3 Å². The maximum absolute atomic E-state index is 6.06. The van der Waals surface area contributed by atoms with Crippen LogP contribution in [0.25, 0.3) is 0 Å². The number of hydrazine groups is 1. The van der Waals surface area contributed by atoms with E-state index in [-0.39, 0.29) is 11.6 Å². The topological polar surface area (TPSA) is 60.2 Å². The first kappa shape index (κ1) is 12.9. The van der Waals surface area contributed by atoms with Gasteiger partial charge in [0.05, 0.1) is 22.8 Å². The number of hydrogen-bond donors (Lipinski definition) is 2. The van der Waals surface area contributed by atoms with Gasteiger partial charge in [-0.05, 0) is 30.9 Å². The number of nitrogens with zero attached hydrogens (tertiary/aromatic N) is 1. The summed E-state index contributed by atoms with van der Waals surface area (Å²) in [6, 6.07) is 0.169. The average molecular weight is 285 g/mol. The molecule has 2 saturated heterocycles. The fraction of sp³-hybridized carbons (Fsp3) is 0.750. The molecule has 0 bridgehead atoms. The molecule has 2 aliphatic heterocycles. The van der Waals surface area contributed by atoms with Crippen LogP contribution in [0.4, 0.5) is 0 Å². The largest absolute Gasteiger partial charge is 0.374 e. The lowest BCUT2D eigenvalue weighted by molar-refractivity contribution is -0.0856. The van der Waals surface area contributed by atoms with Crippen LogP contribution in [0, 0.1) is 5.92 Å². The van der Waals surface area contributed by atoms with Crippen molar-refractivity contribution in [2.24, 2.45) is 11.8 Å². The van der Waals surface area contributed by atoms with Crippen LogP contribution in [0.1, 0.15) is 31.0 Å². The van der Waals surface area contributed by atoms with Crippen molar-refractivity contribution in [2.45, 2.75) is 30.9 Å². The number of nitrogens with one attached hydrogen (secondary N) is 1. The fourth-order valence-corrected chi connectivity index (χ4v) is 5.02. The van der Waals surface area contributed by atoms with Gasteiger partial charge in [-0.1, -0.05) is 0 Å². The fourth-order valence-electron chi connectivity index (χ4n) is 3.05. The molecule has 0 aliphatic carbocycles. The number of thioether (sulfide) groups is 1. The Labute approximate surface area is 116 Å². The molecule has 0 amide bonds. The third kappa shape index (κ3) is 2.44. The van der Waals surface area contributed by atoms with Crippen LogP contribution in [0.3, 0.4) is 0 Å². The van der Waals surface area contributed by atoms with E-state index in [2.05, 4.69) is 15.8 Å². The summed E-state index contributed by atoms with van der Waals surface area (Å²) in [7, 11) is 0. The molecule has 3 unspecified atom stereocenters. The second kappa shape index (κ2) is 5.46. The second-order valence-electron chi connectivity index (χ2n) is 5.14. The quantitative estimate of drug-likeness (QED) is 0.656. The van der Waals surface area contributed by atoms with Gasteiger partial charge in [0.2, 0.25) is 0 Å². The van der Waals surface area contributed by atoms with Crippen molar-refractivity contribution >= 4 is 23.1 Å². The Balaban J connectivity index is 1.74. The van der Waals surface area contributed by atoms with E-state index in [0.717, 1.165) is 30.9 Å². The summed E-state index contributed by atoms with van der Waals surface area (Å²) in [6.45, 7) is 0.855. The molecule has 2 fully saturated rings. The summed E-state index contributed by atoms with van der Waals surface area (Å²) in [4.78, 5) is 4.41. The minimum Gasteiger partial charge on any atom is -0.374 e. The Bertz CT molecular complexity index is 379. The summed E-state index contributed by atoms with van der Waals surface area (Å²) >= 11 is 3.64. The minimum absolute atomic E-state index is 0.110. The highest BCUT2D eigenvalue weighted by Crippen LogP contribution is 2.43. The molecule has 3 rings (SSSR count). The zero-order valence-electron chi connectivity index (χ0n) is 10.3. The third-order valence-corrected chi connectivity index (χ3v) is 5.85. The number of thiazole rings is 1. The molecule has 18 heavy (non-hydrogen) atoms. The summed E-state index contributed by atoms with van der Waals surface area (Å²) in [5, 5.41) is 2.09. The average Bonchev–Trinajstić information content (AvgIpc) is 3.03. The molecule has 3 N–H and O–H groups in total. The summed E-state index contributed by atoms with van der Waals surface area (Å²) in [5.74, 6) is 8.65. The number of nitrogens with two attached hydrogens (primary N) is 1. The highest BCUT2D eigenvalue weighted by atomic mass is 32.2. The molecule has 0 radical (unpaired) electrons. The van der Waals surface area contributed by atoms with Gasteiger partial charge in [-0.15, -0.1) is 11.3 Å². The maximum atomic E-state index is 6.06. The van der Waals surface area contributed by atoms with Gasteiger partial charge < -0.3 is 4.74 Å². The first-order chi connectivity index (χ1) is 8.83. The van der Waals surface area contributed by atoms with Crippen LogP contribution in [0.15, 0.2) is 10.9 Å². The molecule has 3 heterocycles. The lowest BCUT2D eigenvalue weighted by Crippen LogP contribution is -2.45. The SMILES string of the molecule is NNC(c1cscn1)C1CCOC2(CCSC2)C1. The first-order valence-corrected chi connectivity index (χ1v) is 8.49. The van der Waals surface area contributed by atoms with Crippen molar-refractivity contribution in [1.82, 2.24) is 10.4 Å². The van der Waals surface area contributed by atoms with Crippen molar-refractivity contribution in [3.63, 3.8) is 0 Å². The highest BCUT2D eigenvalue weighted by molar-refractivity contribution is 7.99. The molecular weight excluding hydrogens is 266 g/mol. The van der Waals surface area contributed by atoms with E-state index in [4.69, 9.17) is 10.6 Å². The maximum Gasteiger partial charge on any atom is 0.0795 e. The molecule has 100 valence electrons. The van der Waals surface area contributed by atoms with Crippen molar-refractivity contribution in [3.05, 3.63) is 16.6 Å². The normalized spacial score (nSPS) is 33.9. The standard InChI is InChI=1S/C12H19N3OS2/c13-15-11(10-6-18-8-14-10)9-1-3-16-12(5-9)2-4-17-7-12/h6,8-9,11,15H,1-5,7,13H2. The Morgan fingerprint density at radius 2 is 2.56 bits per heavy atom. The molecule has 4 nitrogen and oxygen atoms in total. The smallest absolute Gasteiger partial charge is 0.0795 e. The van der Waals surface area contributed by atoms with E-state index in [1.165, 1.54) is 12.2 Å². The van der Waals surface area contributed by atoms with Gasteiger partial charge in [0.1, 0.15) is 0 Å². The van der Waals surface area contributed by atoms with Gasteiger partial charge in [0.15, 0.2) is 0 Å². The summed E-state index contributed by atoms with van der Waals surface area (Å²) in [5.41, 5.74) is 6.03. The van der Waals surface area contributed by atoms with Crippen molar-refractivity contribution in [3.8, 4) is 0 Å². The van der Waals surface area contributed by atoms with Crippen LogP contribution < -0.4 is 11.3 Å². The lowest BCUT2D eigenvalue weighted by Gasteiger charge is -2.40. The van der Waals surface area contributed by atoms with Crippen LogP contribution in [0.5, 0.6) is 0 Å². The Morgan fingerprint density at radius 3 is 3.22 bits per heavy atom. The van der Waals surface area contributed by atoms with Gasteiger partial charge in [0.25, 0.3) is 0 Å². The van der Waals surface area contributed by atoms with E-state index in [1.54, 1.807) is 11.3 Å². The van der Waals surface area contributed by atoms with Crippen molar-refractivity contribution in [2.75, 3.05) is 18.1 Å². The first-order valence-electron chi connectivity index (χ1n) is 6.39. The van der Waals surface area contributed by atoms with E-state index in [9.17, 15) is 0 Å². The minimum atomic E-state index is 0.110. The summed E-state index contributed by atoms with van der Waals surface area (Å²) < 4.78 is 6.06. The van der Waals surface area contributed by atoms with Gasteiger partial charge in [-0.2, -0.15) is 11.8 Å². The monoisotopic (exact) mass is 285 g/mol. The third-order valence-electron chi connectivity index (χ3n) is 4.02. The molecule has 1 aromatic rings. The van der Waals surface area contributed by atoms with E-state index < -0.39 is 0 Å². The Hall–Kier alpha value is -0.140. The van der Waals surface area contributed by atoms with Crippen LogP contribution in [-0.4, -0.2) is 28.7 Å². The number of aromatic nitrogens is 1.